The number of hydrogen-bond donors (Lipinski definition) is 0. The fourth-order valence-corrected chi connectivity index (χ4v) is 6.15. The summed E-state index contributed by atoms with van der Waals surface area (Å²) < 4.78 is 13.3. The third kappa shape index (κ3) is 7.39. The van der Waals surface area contributed by atoms with Crippen LogP contribution in [-0.2, 0) is 0 Å². The first-order valence-corrected chi connectivity index (χ1v) is 12.9. The summed E-state index contributed by atoms with van der Waals surface area (Å²) in [7, 11) is 0. The standard InChI is InChI=1S/C27H45F/c1-2-3-4-5-6-7-22-10-16-25(17-11-22)26-18-12-23(13-19-26)8-9-24-14-20-27(28)21-15-24/h22-27H,2-7,10-21H2,1H3. The maximum Gasteiger partial charge on any atom is 0.100 e. The Kier molecular flexibility index (Phi) is 9.70. The second kappa shape index (κ2) is 12.2. The lowest BCUT2D eigenvalue weighted by Gasteiger charge is -2.37. The van der Waals surface area contributed by atoms with Crippen LogP contribution >= 0.6 is 0 Å². The van der Waals surface area contributed by atoms with Gasteiger partial charge < -0.3 is 0 Å². The van der Waals surface area contributed by atoms with E-state index in [1.807, 2.05) is 0 Å². The van der Waals surface area contributed by atoms with Crippen molar-refractivity contribution in [2.24, 2.45) is 29.6 Å². The van der Waals surface area contributed by atoms with E-state index in [0.717, 1.165) is 43.4 Å². The van der Waals surface area contributed by atoms with E-state index in [1.54, 1.807) is 0 Å². The van der Waals surface area contributed by atoms with Crippen LogP contribution in [0.4, 0.5) is 4.39 Å². The molecule has 3 fully saturated rings. The van der Waals surface area contributed by atoms with E-state index in [-0.39, 0.29) is 0 Å². The van der Waals surface area contributed by atoms with Crippen molar-refractivity contribution in [1.82, 2.24) is 0 Å². The Hall–Kier alpha value is -0.510. The van der Waals surface area contributed by atoms with Gasteiger partial charge in [-0.1, -0.05) is 70.1 Å². The lowest BCUT2D eigenvalue weighted by atomic mass is 9.68. The Bertz CT molecular complexity index is 462. The number of alkyl halides is 1. The molecule has 3 aliphatic rings. The van der Waals surface area contributed by atoms with Crippen molar-refractivity contribution in [3.05, 3.63) is 0 Å². The van der Waals surface area contributed by atoms with Gasteiger partial charge in [-0.2, -0.15) is 0 Å². The van der Waals surface area contributed by atoms with Crippen molar-refractivity contribution in [3.63, 3.8) is 0 Å². The summed E-state index contributed by atoms with van der Waals surface area (Å²) in [5.74, 6) is 11.3. The first kappa shape index (κ1) is 22.2. The van der Waals surface area contributed by atoms with Crippen LogP contribution in [0.3, 0.4) is 0 Å². The average Bonchev–Trinajstić information content (AvgIpc) is 2.74. The van der Waals surface area contributed by atoms with E-state index in [1.165, 1.54) is 89.9 Å². The molecule has 0 aromatic rings. The molecule has 0 atom stereocenters. The summed E-state index contributed by atoms with van der Waals surface area (Å²) in [4.78, 5) is 0. The number of unbranched alkanes of at least 4 members (excludes halogenated alkanes) is 4. The summed E-state index contributed by atoms with van der Waals surface area (Å²) in [5, 5.41) is 0. The Balaban J connectivity index is 1.28. The summed E-state index contributed by atoms with van der Waals surface area (Å²) >= 11 is 0. The van der Waals surface area contributed by atoms with Crippen LogP contribution in [0.25, 0.3) is 0 Å². The molecule has 0 amide bonds. The first-order chi connectivity index (χ1) is 13.7. The molecule has 3 saturated carbocycles. The van der Waals surface area contributed by atoms with Gasteiger partial charge in [0, 0.05) is 11.8 Å². The van der Waals surface area contributed by atoms with Crippen molar-refractivity contribution < 1.29 is 4.39 Å². The molecule has 0 nitrogen and oxygen atoms in total. The normalized spacial score (nSPS) is 36.5. The van der Waals surface area contributed by atoms with E-state index in [4.69, 9.17) is 0 Å². The average molecular weight is 389 g/mol. The molecule has 0 saturated heterocycles. The first-order valence-electron chi connectivity index (χ1n) is 12.9. The highest BCUT2D eigenvalue weighted by Gasteiger charge is 2.30. The Morgan fingerprint density at radius 1 is 0.607 bits per heavy atom. The molecule has 28 heavy (non-hydrogen) atoms. The third-order valence-corrected chi connectivity index (χ3v) is 8.19. The van der Waals surface area contributed by atoms with Gasteiger partial charge in [0.15, 0.2) is 0 Å². The predicted molar refractivity (Wildman–Crippen MR) is 119 cm³/mol. The second-order valence-electron chi connectivity index (χ2n) is 10.3. The van der Waals surface area contributed by atoms with E-state index in [0.29, 0.717) is 11.8 Å². The number of halogens is 1. The highest BCUT2D eigenvalue weighted by Crippen LogP contribution is 2.42. The minimum Gasteiger partial charge on any atom is -0.247 e. The van der Waals surface area contributed by atoms with Crippen LogP contribution in [0.15, 0.2) is 0 Å². The zero-order chi connectivity index (χ0) is 19.6. The van der Waals surface area contributed by atoms with Crippen molar-refractivity contribution >= 4 is 0 Å². The molecule has 3 rings (SSSR count). The van der Waals surface area contributed by atoms with Gasteiger partial charge in [0.25, 0.3) is 0 Å². The SMILES string of the molecule is CCCCCCCC1CCC(C2CCC(C#CC3CCC(F)CC3)CC2)CC1. The maximum atomic E-state index is 13.3. The van der Waals surface area contributed by atoms with Crippen LogP contribution < -0.4 is 0 Å². The van der Waals surface area contributed by atoms with Crippen LogP contribution in [-0.4, -0.2) is 6.17 Å². The Morgan fingerprint density at radius 2 is 1.11 bits per heavy atom. The topological polar surface area (TPSA) is 0 Å². The zero-order valence-electron chi connectivity index (χ0n) is 18.6. The van der Waals surface area contributed by atoms with Gasteiger partial charge in [0.2, 0.25) is 0 Å². The highest BCUT2D eigenvalue weighted by atomic mass is 19.1. The quantitative estimate of drug-likeness (QED) is 0.303. The Morgan fingerprint density at radius 3 is 1.68 bits per heavy atom. The van der Waals surface area contributed by atoms with E-state index in [2.05, 4.69) is 18.8 Å². The molecular weight excluding hydrogens is 343 g/mol. The minimum atomic E-state index is -0.551. The summed E-state index contributed by atoms with van der Waals surface area (Å²) in [5.41, 5.74) is 0. The van der Waals surface area contributed by atoms with Crippen LogP contribution in [0.2, 0.25) is 0 Å². The van der Waals surface area contributed by atoms with Gasteiger partial charge in [-0.05, 0) is 82.0 Å². The monoisotopic (exact) mass is 388 g/mol. The summed E-state index contributed by atoms with van der Waals surface area (Å²) in [6.45, 7) is 2.31. The molecule has 0 spiro atoms. The molecule has 1 heteroatoms. The molecule has 0 bridgehead atoms. The zero-order valence-corrected chi connectivity index (χ0v) is 18.6. The third-order valence-electron chi connectivity index (χ3n) is 8.19. The molecule has 0 unspecified atom stereocenters. The number of hydrogen-bond acceptors (Lipinski definition) is 0. The smallest absolute Gasteiger partial charge is 0.100 e. The molecule has 0 N–H and O–H groups in total. The maximum absolute atomic E-state index is 13.3. The van der Waals surface area contributed by atoms with Crippen molar-refractivity contribution in [3.8, 4) is 11.8 Å². The second-order valence-corrected chi connectivity index (χ2v) is 10.3. The van der Waals surface area contributed by atoms with Gasteiger partial charge >= 0.3 is 0 Å². The van der Waals surface area contributed by atoms with Crippen LogP contribution in [0.1, 0.15) is 122 Å². The lowest BCUT2D eigenvalue weighted by Crippen LogP contribution is -2.25. The van der Waals surface area contributed by atoms with Crippen molar-refractivity contribution in [2.75, 3.05) is 0 Å². The van der Waals surface area contributed by atoms with Gasteiger partial charge in [-0.25, -0.2) is 4.39 Å². The minimum absolute atomic E-state index is 0.488. The summed E-state index contributed by atoms with van der Waals surface area (Å²) in [6.07, 6.45) is 23.1. The molecule has 0 aliphatic heterocycles. The van der Waals surface area contributed by atoms with Crippen LogP contribution in [0, 0.1) is 41.4 Å². The molecule has 0 heterocycles. The fraction of sp³-hybridized carbons (Fsp3) is 0.926. The van der Waals surface area contributed by atoms with Gasteiger partial charge in [0.1, 0.15) is 6.17 Å². The molecule has 0 aromatic carbocycles. The van der Waals surface area contributed by atoms with Gasteiger partial charge in [-0.3, -0.25) is 0 Å². The largest absolute Gasteiger partial charge is 0.247 e. The highest BCUT2D eigenvalue weighted by molar-refractivity contribution is 5.09. The van der Waals surface area contributed by atoms with Gasteiger partial charge in [0.05, 0.1) is 0 Å². The lowest BCUT2D eigenvalue weighted by molar-refractivity contribution is 0.153. The molecule has 0 aromatic heterocycles. The predicted octanol–water partition coefficient (Wildman–Crippen LogP) is 8.49. The molecular formula is C27H45F. The molecule has 3 aliphatic carbocycles. The van der Waals surface area contributed by atoms with E-state index in [9.17, 15) is 4.39 Å². The van der Waals surface area contributed by atoms with Crippen molar-refractivity contribution in [2.45, 2.75) is 129 Å². The van der Waals surface area contributed by atoms with E-state index < -0.39 is 6.17 Å². The van der Waals surface area contributed by atoms with Crippen LogP contribution in [0.5, 0.6) is 0 Å². The summed E-state index contributed by atoms with van der Waals surface area (Å²) in [6, 6.07) is 0. The van der Waals surface area contributed by atoms with Crippen molar-refractivity contribution in [1.29, 1.82) is 0 Å². The fourth-order valence-electron chi connectivity index (χ4n) is 6.15. The Labute approximate surface area is 174 Å². The molecule has 0 radical (unpaired) electrons. The number of rotatable bonds is 7. The van der Waals surface area contributed by atoms with Gasteiger partial charge in [-0.15, -0.1) is 0 Å². The molecule has 160 valence electrons. The van der Waals surface area contributed by atoms with E-state index >= 15 is 0 Å².